The van der Waals surface area contributed by atoms with E-state index in [1.807, 2.05) is 0 Å². The Kier molecular flexibility index (Phi) is 8.46. The summed E-state index contributed by atoms with van der Waals surface area (Å²) in [5.74, 6) is -1.41. The molecule has 6 nitrogen and oxygen atoms in total. The first-order chi connectivity index (χ1) is 9.02. The predicted molar refractivity (Wildman–Crippen MR) is 75.1 cm³/mol. The van der Waals surface area contributed by atoms with E-state index in [4.69, 9.17) is 10.5 Å². The zero-order valence-electron chi connectivity index (χ0n) is 10.9. The van der Waals surface area contributed by atoms with Gasteiger partial charge in [-0.3, -0.25) is 9.59 Å². The molecule has 1 aromatic rings. The summed E-state index contributed by atoms with van der Waals surface area (Å²) in [4.78, 5) is 22.9. The van der Waals surface area contributed by atoms with E-state index < -0.39 is 23.7 Å². The second-order valence-corrected chi connectivity index (χ2v) is 3.84. The summed E-state index contributed by atoms with van der Waals surface area (Å²) >= 11 is 0. The molecule has 1 aromatic carbocycles. The van der Waals surface area contributed by atoms with Gasteiger partial charge < -0.3 is 21.1 Å². The quantitative estimate of drug-likeness (QED) is 0.703. The number of hydrogen-bond donors (Lipinski definition) is 3. The molecule has 0 saturated carbocycles. The predicted octanol–water partition coefficient (Wildman–Crippen LogP) is 0.276. The molecule has 20 heavy (non-hydrogen) atoms. The van der Waals surface area contributed by atoms with Gasteiger partial charge in [0.1, 0.15) is 11.9 Å². The number of carbonyl (C=O) groups is 2. The highest BCUT2D eigenvalue weighted by atomic mass is 35.5. The highest BCUT2D eigenvalue weighted by molar-refractivity contribution is 5.95. The van der Waals surface area contributed by atoms with Crippen LogP contribution in [0.2, 0.25) is 0 Å². The van der Waals surface area contributed by atoms with Gasteiger partial charge in [0.2, 0.25) is 11.8 Å². The fourth-order valence-corrected chi connectivity index (χ4v) is 1.33. The molecule has 1 rings (SSSR count). The number of carbonyl (C=O) groups excluding carboxylic acids is 2. The second-order valence-electron chi connectivity index (χ2n) is 3.84. The van der Waals surface area contributed by atoms with Gasteiger partial charge in [0.25, 0.3) is 0 Å². The third kappa shape index (κ3) is 6.46. The fraction of sp³-hybridized carbons (Fsp3) is 0.333. The average molecular weight is 306 g/mol. The summed E-state index contributed by atoms with van der Waals surface area (Å²) in [6, 6.07) is 4.63. The van der Waals surface area contributed by atoms with Crippen LogP contribution >= 0.6 is 12.4 Å². The van der Waals surface area contributed by atoms with Gasteiger partial charge >= 0.3 is 0 Å². The Hall–Kier alpha value is -1.70. The molecule has 0 saturated heterocycles. The maximum Gasteiger partial charge on any atom is 0.243 e. The van der Waals surface area contributed by atoms with Gasteiger partial charge in [-0.05, 0) is 18.2 Å². The van der Waals surface area contributed by atoms with E-state index in [1.165, 1.54) is 25.3 Å². The van der Waals surface area contributed by atoms with Crippen LogP contribution in [-0.4, -0.2) is 38.1 Å². The van der Waals surface area contributed by atoms with E-state index in [0.717, 1.165) is 0 Å². The number of hydrogen-bond acceptors (Lipinski definition) is 4. The van der Waals surface area contributed by atoms with Crippen molar-refractivity contribution in [1.82, 2.24) is 5.32 Å². The monoisotopic (exact) mass is 305 g/mol. The maximum atomic E-state index is 12.9. The van der Waals surface area contributed by atoms with Crippen molar-refractivity contribution in [3.05, 3.63) is 30.1 Å². The Morgan fingerprint density at radius 3 is 2.75 bits per heavy atom. The molecule has 0 aliphatic heterocycles. The maximum absolute atomic E-state index is 12.9. The summed E-state index contributed by atoms with van der Waals surface area (Å²) in [7, 11) is 1.42. The van der Waals surface area contributed by atoms with Crippen LogP contribution in [0.4, 0.5) is 10.1 Å². The molecule has 8 heteroatoms. The summed E-state index contributed by atoms with van der Waals surface area (Å²) < 4.78 is 17.6. The second kappa shape index (κ2) is 9.24. The summed E-state index contributed by atoms with van der Waals surface area (Å²) in [5.41, 5.74) is 5.79. The molecular formula is C12H17ClFN3O3. The van der Waals surface area contributed by atoms with Crippen molar-refractivity contribution in [2.24, 2.45) is 5.73 Å². The smallest absolute Gasteiger partial charge is 0.243 e. The Bertz CT molecular complexity index is 459. The van der Waals surface area contributed by atoms with Gasteiger partial charge in [-0.25, -0.2) is 4.39 Å². The molecule has 0 radical (unpaired) electrons. The first-order valence-corrected chi connectivity index (χ1v) is 5.60. The third-order valence-electron chi connectivity index (χ3n) is 2.21. The zero-order valence-corrected chi connectivity index (χ0v) is 11.7. The number of nitrogens with two attached hydrogens (primary N) is 1. The minimum atomic E-state index is -0.827. The Balaban J connectivity index is 0.00000361. The van der Waals surface area contributed by atoms with E-state index in [0.29, 0.717) is 5.69 Å². The van der Waals surface area contributed by atoms with Crippen molar-refractivity contribution in [2.45, 2.75) is 6.04 Å². The molecule has 0 aromatic heterocycles. The van der Waals surface area contributed by atoms with Crippen molar-refractivity contribution in [1.29, 1.82) is 0 Å². The number of halogens is 2. The standard InChI is InChI=1S/C12H16FN3O3.ClH/c1-19-7-10(14)12(18)15-6-11(17)16-9-4-2-3-8(13)5-9;/h2-5,10H,6-7,14H2,1H3,(H,15,18)(H,16,17);1H. The molecule has 112 valence electrons. The number of amides is 2. The minimum Gasteiger partial charge on any atom is -0.383 e. The minimum absolute atomic E-state index is 0. The van der Waals surface area contributed by atoms with E-state index >= 15 is 0 Å². The summed E-state index contributed by atoms with van der Waals surface area (Å²) in [5, 5.41) is 4.80. The first-order valence-electron chi connectivity index (χ1n) is 5.60. The summed E-state index contributed by atoms with van der Waals surface area (Å²) in [6.07, 6.45) is 0. The average Bonchev–Trinajstić information content (AvgIpc) is 2.36. The van der Waals surface area contributed by atoms with Crippen molar-refractivity contribution in [2.75, 3.05) is 25.6 Å². The largest absolute Gasteiger partial charge is 0.383 e. The molecule has 0 aliphatic rings. The number of rotatable bonds is 6. The van der Waals surface area contributed by atoms with E-state index in [-0.39, 0.29) is 25.6 Å². The lowest BCUT2D eigenvalue weighted by atomic mass is 10.3. The lowest BCUT2D eigenvalue weighted by Gasteiger charge is -2.11. The molecule has 1 atom stereocenters. The normalized spacial score (nSPS) is 11.2. The van der Waals surface area contributed by atoms with Crippen LogP contribution in [0.5, 0.6) is 0 Å². The Labute approximate surface area is 122 Å². The Morgan fingerprint density at radius 2 is 2.15 bits per heavy atom. The van der Waals surface area contributed by atoms with Crippen LogP contribution in [-0.2, 0) is 14.3 Å². The van der Waals surface area contributed by atoms with Crippen LogP contribution in [0.1, 0.15) is 0 Å². The Morgan fingerprint density at radius 1 is 1.45 bits per heavy atom. The molecule has 0 fully saturated rings. The highest BCUT2D eigenvalue weighted by Gasteiger charge is 2.13. The third-order valence-corrected chi connectivity index (χ3v) is 2.21. The molecule has 4 N–H and O–H groups in total. The lowest BCUT2D eigenvalue weighted by Crippen LogP contribution is -2.45. The van der Waals surface area contributed by atoms with Gasteiger partial charge in [-0.2, -0.15) is 0 Å². The first kappa shape index (κ1) is 18.3. The van der Waals surface area contributed by atoms with Gasteiger partial charge in [0.15, 0.2) is 0 Å². The molecular weight excluding hydrogens is 289 g/mol. The molecule has 0 bridgehead atoms. The topological polar surface area (TPSA) is 93.4 Å². The number of anilines is 1. The van der Waals surface area contributed by atoms with Crippen molar-refractivity contribution in [3.8, 4) is 0 Å². The molecule has 0 aliphatic carbocycles. The van der Waals surface area contributed by atoms with Crippen molar-refractivity contribution in [3.63, 3.8) is 0 Å². The van der Waals surface area contributed by atoms with E-state index in [1.54, 1.807) is 6.07 Å². The fourth-order valence-electron chi connectivity index (χ4n) is 1.33. The lowest BCUT2D eigenvalue weighted by molar-refractivity contribution is -0.126. The van der Waals surface area contributed by atoms with Gasteiger partial charge in [-0.1, -0.05) is 6.07 Å². The molecule has 0 heterocycles. The van der Waals surface area contributed by atoms with Crippen LogP contribution < -0.4 is 16.4 Å². The van der Waals surface area contributed by atoms with Crippen LogP contribution in [0.3, 0.4) is 0 Å². The van der Waals surface area contributed by atoms with Gasteiger partial charge in [0, 0.05) is 12.8 Å². The molecule has 0 spiro atoms. The molecule has 2 amide bonds. The van der Waals surface area contributed by atoms with Crippen LogP contribution in [0.25, 0.3) is 0 Å². The number of benzene rings is 1. The van der Waals surface area contributed by atoms with Crippen LogP contribution in [0.15, 0.2) is 24.3 Å². The summed E-state index contributed by atoms with van der Waals surface area (Å²) in [6.45, 7) is -0.176. The van der Waals surface area contributed by atoms with Crippen molar-refractivity contribution >= 4 is 29.9 Å². The van der Waals surface area contributed by atoms with Gasteiger partial charge in [-0.15, -0.1) is 12.4 Å². The van der Waals surface area contributed by atoms with E-state index in [9.17, 15) is 14.0 Å². The van der Waals surface area contributed by atoms with E-state index in [2.05, 4.69) is 10.6 Å². The van der Waals surface area contributed by atoms with Gasteiger partial charge in [0.05, 0.1) is 13.2 Å². The molecule has 1 unspecified atom stereocenters. The highest BCUT2D eigenvalue weighted by Crippen LogP contribution is 2.08. The van der Waals surface area contributed by atoms with Crippen LogP contribution in [0, 0.1) is 5.82 Å². The SMILES string of the molecule is COCC(N)C(=O)NCC(=O)Nc1cccc(F)c1.Cl. The number of ether oxygens (including phenoxy) is 1. The number of nitrogens with one attached hydrogen (secondary N) is 2. The number of methoxy groups -OCH3 is 1. The zero-order chi connectivity index (χ0) is 14.3. The van der Waals surface area contributed by atoms with Crippen molar-refractivity contribution < 1.29 is 18.7 Å².